The number of para-hydroxylation sites is 1. The maximum absolute atomic E-state index is 13.0. The molecule has 8 nitrogen and oxygen atoms in total. The maximum Gasteiger partial charge on any atom is 0.262 e. The molecular weight excluding hydrogens is 460 g/mol. The number of carbonyl (C=O) groups is 1. The molecule has 2 aromatic carbocycles. The summed E-state index contributed by atoms with van der Waals surface area (Å²) < 4.78 is 27.7. The molecule has 1 N–H and O–H groups in total. The molecule has 0 aliphatic carbocycles. The average Bonchev–Trinajstić information content (AvgIpc) is 2.77. The number of amides is 1. The summed E-state index contributed by atoms with van der Waals surface area (Å²) in [6, 6.07) is 11.8. The van der Waals surface area contributed by atoms with E-state index in [0.29, 0.717) is 28.3 Å². The van der Waals surface area contributed by atoms with Gasteiger partial charge >= 0.3 is 0 Å². The number of rotatable bonds is 8. The van der Waals surface area contributed by atoms with Gasteiger partial charge in [0.15, 0.2) is 5.16 Å². The van der Waals surface area contributed by atoms with Gasteiger partial charge in [0, 0.05) is 26.3 Å². The van der Waals surface area contributed by atoms with E-state index in [1.807, 2.05) is 13.0 Å². The number of thioether (sulfide) groups is 1. The SMILES string of the molecule is CCCn1c(SC(C)C(=O)Nc2cc(S(=O)(=O)N(C)C)ccc2C)nc2ccccc2c1=O. The quantitative estimate of drug-likeness (QED) is 0.385. The number of fused-ring (bicyclic) bond motifs is 1. The van der Waals surface area contributed by atoms with E-state index < -0.39 is 15.3 Å². The molecule has 3 aromatic rings. The predicted octanol–water partition coefficient (Wildman–Crippen LogP) is 3.48. The zero-order chi connectivity index (χ0) is 24.3. The van der Waals surface area contributed by atoms with E-state index in [-0.39, 0.29) is 16.4 Å². The van der Waals surface area contributed by atoms with E-state index in [9.17, 15) is 18.0 Å². The number of nitrogens with one attached hydrogen (secondary N) is 1. The number of anilines is 1. The molecule has 3 rings (SSSR count). The fourth-order valence-corrected chi connectivity index (χ4v) is 5.07. The summed E-state index contributed by atoms with van der Waals surface area (Å²) in [5.74, 6) is -0.312. The number of nitrogens with zero attached hydrogens (tertiary/aromatic N) is 3. The first-order chi connectivity index (χ1) is 15.6. The van der Waals surface area contributed by atoms with Crippen LogP contribution in [0.1, 0.15) is 25.8 Å². The largest absolute Gasteiger partial charge is 0.325 e. The molecule has 1 atom stereocenters. The minimum absolute atomic E-state index is 0.0988. The van der Waals surface area contributed by atoms with E-state index in [2.05, 4.69) is 10.3 Å². The second-order valence-corrected chi connectivity index (χ2v) is 11.3. The van der Waals surface area contributed by atoms with Crippen LogP contribution in [0, 0.1) is 6.92 Å². The maximum atomic E-state index is 13.0. The Labute approximate surface area is 198 Å². The van der Waals surface area contributed by atoms with Crippen molar-refractivity contribution in [2.45, 2.75) is 49.0 Å². The zero-order valence-corrected chi connectivity index (χ0v) is 21.0. The van der Waals surface area contributed by atoms with Crippen LogP contribution in [0.25, 0.3) is 10.9 Å². The van der Waals surface area contributed by atoms with Gasteiger partial charge in [0.25, 0.3) is 5.56 Å². The van der Waals surface area contributed by atoms with Crippen LogP contribution in [-0.2, 0) is 21.4 Å². The van der Waals surface area contributed by atoms with Gasteiger partial charge in [-0.25, -0.2) is 17.7 Å². The van der Waals surface area contributed by atoms with Crippen molar-refractivity contribution < 1.29 is 13.2 Å². The first-order valence-electron chi connectivity index (χ1n) is 10.6. The number of sulfonamides is 1. The van der Waals surface area contributed by atoms with Crippen LogP contribution in [0.15, 0.2) is 57.3 Å². The molecule has 0 spiro atoms. The number of hydrogen-bond acceptors (Lipinski definition) is 6. The third-order valence-electron chi connectivity index (χ3n) is 5.17. The molecule has 0 saturated heterocycles. The first kappa shape index (κ1) is 24.9. The van der Waals surface area contributed by atoms with Crippen molar-refractivity contribution in [3.63, 3.8) is 0 Å². The van der Waals surface area contributed by atoms with E-state index in [4.69, 9.17) is 0 Å². The molecular formula is C23H28N4O4S2. The van der Waals surface area contributed by atoms with E-state index in [1.165, 1.54) is 38.0 Å². The van der Waals surface area contributed by atoms with Crippen molar-refractivity contribution in [3.05, 3.63) is 58.4 Å². The minimum Gasteiger partial charge on any atom is -0.325 e. The topological polar surface area (TPSA) is 101 Å². The van der Waals surface area contributed by atoms with Crippen molar-refractivity contribution in [3.8, 4) is 0 Å². The number of aromatic nitrogens is 2. The van der Waals surface area contributed by atoms with Crippen molar-refractivity contribution in [2.75, 3.05) is 19.4 Å². The molecule has 0 aliphatic heterocycles. The second kappa shape index (κ2) is 10.1. The van der Waals surface area contributed by atoms with Crippen LogP contribution in [0.3, 0.4) is 0 Å². The van der Waals surface area contributed by atoms with Crippen LogP contribution in [-0.4, -0.2) is 47.5 Å². The van der Waals surface area contributed by atoms with Gasteiger partial charge in [-0.15, -0.1) is 0 Å². The molecule has 1 heterocycles. The van der Waals surface area contributed by atoms with Crippen molar-refractivity contribution in [1.29, 1.82) is 0 Å². The van der Waals surface area contributed by atoms with E-state index >= 15 is 0 Å². The lowest BCUT2D eigenvalue weighted by Crippen LogP contribution is -2.27. The molecule has 0 saturated carbocycles. The molecule has 0 radical (unpaired) electrons. The number of hydrogen-bond donors (Lipinski definition) is 1. The van der Waals surface area contributed by atoms with Gasteiger partial charge in [-0.2, -0.15) is 0 Å². The number of aryl methyl sites for hydroxylation is 1. The Hall–Kier alpha value is -2.69. The highest BCUT2D eigenvalue weighted by atomic mass is 32.2. The third-order valence-corrected chi connectivity index (χ3v) is 8.07. The fraction of sp³-hybridized carbons (Fsp3) is 0.348. The lowest BCUT2D eigenvalue weighted by molar-refractivity contribution is -0.115. The lowest BCUT2D eigenvalue weighted by atomic mass is 10.2. The summed E-state index contributed by atoms with van der Waals surface area (Å²) in [4.78, 5) is 30.7. The van der Waals surface area contributed by atoms with Gasteiger partial charge in [0.1, 0.15) is 0 Å². The molecule has 33 heavy (non-hydrogen) atoms. The summed E-state index contributed by atoms with van der Waals surface area (Å²) in [5.41, 5.74) is 1.62. The van der Waals surface area contributed by atoms with Crippen LogP contribution in [0.5, 0.6) is 0 Å². The number of benzene rings is 2. The normalized spacial score (nSPS) is 12.8. The molecule has 1 amide bonds. The van der Waals surface area contributed by atoms with Crippen LogP contribution in [0.2, 0.25) is 0 Å². The lowest BCUT2D eigenvalue weighted by Gasteiger charge is -2.17. The Morgan fingerprint density at radius 1 is 1.21 bits per heavy atom. The summed E-state index contributed by atoms with van der Waals surface area (Å²) in [5, 5.41) is 3.27. The predicted molar refractivity (Wildman–Crippen MR) is 132 cm³/mol. The first-order valence-corrected chi connectivity index (χ1v) is 12.9. The Morgan fingerprint density at radius 2 is 1.91 bits per heavy atom. The Kier molecular flexibility index (Phi) is 7.61. The molecule has 1 unspecified atom stereocenters. The smallest absolute Gasteiger partial charge is 0.262 e. The Bertz CT molecular complexity index is 1350. The summed E-state index contributed by atoms with van der Waals surface area (Å²) in [7, 11) is -0.716. The zero-order valence-electron chi connectivity index (χ0n) is 19.3. The highest BCUT2D eigenvalue weighted by Crippen LogP contribution is 2.26. The van der Waals surface area contributed by atoms with Crippen molar-refractivity contribution in [1.82, 2.24) is 13.9 Å². The fourth-order valence-electron chi connectivity index (χ4n) is 3.21. The molecule has 0 bridgehead atoms. The van der Waals surface area contributed by atoms with Gasteiger partial charge in [-0.1, -0.05) is 36.9 Å². The van der Waals surface area contributed by atoms with Gasteiger partial charge in [0.05, 0.1) is 21.0 Å². The van der Waals surface area contributed by atoms with Gasteiger partial charge < -0.3 is 5.32 Å². The molecule has 1 aromatic heterocycles. The summed E-state index contributed by atoms with van der Waals surface area (Å²) >= 11 is 1.20. The molecule has 0 fully saturated rings. The molecule has 0 aliphatic rings. The Balaban J connectivity index is 1.88. The molecule has 10 heteroatoms. The van der Waals surface area contributed by atoms with Crippen LogP contribution < -0.4 is 10.9 Å². The highest BCUT2D eigenvalue weighted by molar-refractivity contribution is 8.00. The second-order valence-electron chi connectivity index (χ2n) is 7.88. The van der Waals surface area contributed by atoms with Crippen LogP contribution >= 0.6 is 11.8 Å². The van der Waals surface area contributed by atoms with E-state index in [0.717, 1.165) is 16.3 Å². The molecule has 176 valence electrons. The monoisotopic (exact) mass is 488 g/mol. The average molecular weight is 489 g/mol. The Morgan fingerprint density at radius 3 is 2.58 bits per heavy atom. The van der Waals surface area contributed by atoms with Crippen LogP contribution in [0.4, 0.5) is 5.69 Å². The minimum atomic E-state index is -3.63. The van der Waals surface area contributed by atoms with E-state index in [1.54, 1.807) is 42.7 Å². The highest BCUT2D eigenvalue weighted by Gasteiger charge is 2.22. The number of carbonyl (C=O) groups excluding carboxylic acids is 1. The van der Waals surface area contributed by atoms with Gasteiger partial charge in [-0.05, 0) is 50.1 Å². The standard InChI is InChI=1S/C23H28N4O4S2/c1-6-13-27-22(29)18-9-7-8-10-19(18)25-23(27)32-16(3)21(28)24-20-14-17(12-11-15(20)2)33(30,31)26(4)5/h7-12,14,16H,6,13H2,1-5H3,(H,24,28). The van der Waals surface area contributed by atoms with Gasteiger partial charge in [0.2, 0.25) is 15.9 Å². The summed E-state index contributed by atoms with van der Waals surface area (Å²) in [6.45, 7) is 6.00. The van der Waals surface area contributed by atoms with Crippen molar-refractivity contribution >= 4 is 44.3 Å². The van der Waals surface area contributed by atoms with Crippen molar-refractivity contribution in [2.24, 2.45) is 0 Å². The summed E-state index contributed by atoms with van der Waals surface area (Å²) in [6.07, 6.45) is 0.750. The third kappa shape index (κ3) is 5.29. The van der Waals surface area contributed by atoms with Gasteiger partial charge in [-0.3, -0.25) is 14.2 Å².